The Morgan fingerprint density at radius 1 is 1.17 bits per heavy atom. The zero-order chi connectivity index (χ0) is 16.1. The van der Waals surface area contributed by atoms with Crippen molar-refractivity contribution < 1.29 is 9.18 Å². The first-order chi connectivity index (χ1) is 11.2. The van der Waals surface area contributed by atoms with E-state index in [-0.39, 0.29) is 11.8 Å². The molecule has 0 spiro atoms. The van der Waals surface area contributed by atoms with Crippen molar-refractivity contribution in [1.29, 1.82) is 0 Å². The van der Waals surface area contributed by atoms with Crippen molar-refractivity contribution in [2.24, 2.45) is 0 Å². The van der Waals surface area contributed by atoms with Crippen LogP contribution in [0.2, 0.25) is 0 Å². The molecule has 1 saturated heterocycles. The summed E-state index contributed by atoms with van der Waals surface area (Å²) in [5.74, 6) is 0.985. The molecule has 3 rings (SSSR count). The van der Waals surface area contributed by atoms with E-state index in [4.69, 9.17) is 0 Å². The molecule has 120 valence electrons. The van der Waals surface area contributed by atoms with Crippen LogP contribution in [0, 0.1) is 5.82 Å². The topological polar surface area (TPSA) is 70.2 Å². The lowest BCUT2D eigenvalue weighted by molar-refractivity contribution is 0.251. The van der Waals surface area contributed by atoms with E-state index in [0.717, 1.165) is 37.3 Å². The molecule has 1 aliphatic rings. The fourth-order valence-electron chi connectivity index (χ4n) is 2.48. The first-order valence-electron chi connectivity index (χ1n) is 7.57. The van der Waals surface area contributed by atoms with E-state index in [9.17, 15) is 9.18 Å². The van der Waals surface area contributed by atoms with E-state index in [2.05, 4.69) is 25.5 Å². The molecular formula is C16H18FN5O. The minimum Gasteiger partial charge on any atom is -0.356 e. The Morgan fingerprint density at radius 2 is 1.91 bits per heavy atom. The van der Waals surface area contributed by atoms with Gasteiger partial charge >= 0.3 is 6.03 Å². The average Bonchev–Trinajstić information content (AvgIpc) is 3.09. The van der Waals surface area contributed by atoms with Crippen LogP contribution in [-0.4, -0.2) is 29.1 Å². The SMILES string of the molecule is O=C(NCc1ccc(F)cc1)Nc1cc(N2CCCC2)ncn1. The normalized spacial score (nSPS) is 13.9. The molecule has 0 atom stereocenters. The summed E-state index contributed by atoms with van der Waals surface area (Å²) in [6.07, 6.45) is 3.76. The Balaban J connectivity index is 1.55. The highest BCUT2D eigenvalue weighted by atomic mass is 19.1. The van der Waals surface area contributed by atoms with Crippen LogP contribution in [0.15, 0.2) is 36.7 Å². The second kappa shape index (κ2) is 7.04. The lowest BCUT2D eigenvalue weighted by atomic mass is 10.2. The lowest BCUT2D eigenvalue weighted by Gasteiger charge is -2.16. The molecule has 2 amide bonds. The van der Waals surface area contributed by atoms with Gasteiger partial charge in [0.25, 0.3) is 0 Å². The molecule has 0 bridgehead atoms. The number of nitrogens with one attached hydrogen (secondary N) is 2. The van der Waals surface area contributed by atoms with Crippen molar-refractivity contribution in [3.8, 4) is 0 Å². The number of aromatic nitrogens is 2. The maximum Gasteiger partial charge on any atom is 0.320 e. The van der Waals surface area contributed by atoms with Crippen LogP contribution >= 0.6 is 0 Å². The zero-order valence-electron chi connectivity index (χ0n) is 12.6. The summed E-state index contributed by atoms with van der Waals surface area (Å²) in [5, 5.41) is 5.39. The third kappa shape index (κ3) is 4.15. The van der Waals surface area contributed by atoms with E-state index in [1.807, 2.05) is 0 Å². The van der Waals surface area contributed by atoms with Crippen LogP contribution in [0.1, 0.15) is 18.4 Å². The first kappa shape index (κ1) is 15.2. The monoisotopic (exact) mass is 315 g/mol. The Kier molecular flexibility index (Phi) is 4.65. The van der Waals surface area contributed by atoms with Gasteiger partial charge in [0.1, 0.15) is 23.8 Å². The van der Waals surface area contributed by atoms with E-state index >= 15 is 0 Å². The molecule has 1 fully saturated rings. The van der Waals surface area contributed by atoms with Crippen LogP contribution < -0.4 is 15.5 Å². The number of carbonyl (C=O) groups is 1. The molecular weight excluding hydrogens is 297 g/mol. The quantitative estimate of drug-likeness (QED) is 0.909. The van der Waals surface area contributed by atoms with Crippen molar-refractivity contribution in [1.82, 2.24) is 15.3 Å². The minimum absolute atomic E-state index is 0.298. The van der Waals surface area contributed by atoms with Crippen LogP contribution in [0.3, 0.4) is 0 Å². The molecule has 2 N–H and O–H groups in total. The second-order valence-electron chi connectivity index (χ2n) is 5.39. The number of carbonyl (C=O) groups excluding carboxylic acids is 1. The van der Waals surface area contributed by atoms with Gasteiger partial charge < -0.3 is 10.2 Å². The summed E-state index contributed by atoms with van der Waals surface area (Å²) in [7, 11) is 0. The lowest BCUT2D eigenvalue weighted by Crippen LogP contribution is -2.29. The van der Waals surface area contributed by atoms with Crippen molar-refractivity contribution in [2.75, 3.05) is 23.3 Å². The largest absolute Gasteiger partial charge is 0.356 e. The number of rotatable bonds is 4. The van der Waals surface area contributed by atoms with Crippen molar-refractivity contribution in [2.45, 2.75) is 19.4 Å². The smallest absolute Gasteiger partial charge is 0.320 e. The summed E-state index contributed by atoms with van der Waals surface area (Å²) in [6.45, 7) is 2.27. The summed E-state index contributed by atoms with van der Waals surface area (Å²) in [6, 6.07) is 7.39. The van der Waals surface area contributed by atoms with E-state index in [1.165, 1.54) is 18.5 Å². The third-order valence-electron chi connectivity index (χ3n) is 3.69. The number of urea groups is 1. The maximum atomic E-state index is 12.8. The molecule has 2 aromatic rings. The summed E-state index contributed by atoms with van der Waals surface area (Å²) in [5.41, 5.74) is 0.821. The Labute approximate surface area is 133 Å². The van der Waals surface area contributed by atoms with Gasteiger partial charge in [-0.3, -0.25) is 5.32 Å². The highest BCUT2D eigenvalue weighted by molar-refractivity contribution is 5.88. The van der Waals surface area contributed by atoms with Gasteiger partial charge in [0.2, 0.25) is 0 Å². The number of benzene rings is 1. The molecule has 0 aliphatic carbocycles. The Bertz CT molecular complexity index is 670. The molecule has 1 aromatic heterocycles. The fourth-order valence-corrected chi connectivity index (χ4v) is 2.48. The van der Waals surface area contributed by atoms with Gasteiger partial charge in [-0.25, -0.2) is 19.2 Å². The number of amides is 2. The van der Waals surface area contributed by atoms with Crippen molar-refractivity contribution in [3.63, 3.8) is 0 Å². The highest BCUT2D eigenvalue weighted by Crippen LogP contribution is 2.19. The standard InChI is InChI=1S/C16H18FN5O/c17-13-5-3-12(4-6-13)10-18-16(23)21-14-9-15(20-11-19-14)22-7-1-2-8-22/h3-6,9,11H,1-2,7-8,10H2,(H2,18,19,20,21,23). The number of anilines is 2. The third-order valence-corrected chi connectivity index (χ3v) is 3.69. The number of hydrogen-bond donors (Lipinski definition) is 2. The molecule has 0 saturated carbocycles. The van der Waals surface area contributed by atoms with Gasteiger partial charge in [-0.15, -0.1) is 0 Å². The maximum absolute atomic E-state index is 12.8. The molecule has 0 radical (unpaired) electrons. The number of hydrogen-bond acceptors (Lipinski definition) is 4. The highest BCUT2D eigenvalue weighted by Gasteiger charge is 2.14. The molecule has 0 unspecified atom stereocenters. The van der Waals surface area contributed by atoms with Crippen LogP contribution in [0.25, 0.3) is 0 Å². The molecule has 7 heteroatoms. The van der Waals surface area contributed by atoms with Crippen molar-refractivity contribution >= 4 is 17.7 Å². The van der Waals surface area contributed by atoms with Crippen LogP contribution in [-0.2, 0) is 6.54 Å². The summed E-state index contributed by atoms with van der Waals surface area (Å²) >= 11 is 0. The van der Waals surface area contributed by atoms with Gasteiger partial charge in [-0.05, 0) is 30.5 Å². The molecule has 1 aromatic carbocycles. The van der Waals surface area contributed by atoms with E-state index < -0.39 is 0 Å². The van der Waals surface area contributed by atoms with Gasteiger partial charge in [-0.1, -0.05) is 12.1 Å². The van der Waals surface area contributed by atoms with E-state index in [1.54, 1.807) is 18.2 Å². The molecule has 2 heterocycles. The number of nitrogens with zero attached hydrogens (tertiary/aromatic N) is 3. The Morgan fingerprint density at radius 3 is 2.65 bits per heavy atom. The summed E-state index contributed by atoms with van der Waals surface area (Å²) < 4.78 is 12.8. The predicted molar refractivity (Wildman–Crippen MR) is 85.7 cm³/mol. The van der Waals surface area contributed by atoms with Gasteiger partial charge in [-0.2, -0.15) is 0 Å². The predicted octanol–water partition coefficient (Wildman–Crippen LogP) is 2.54. The van der Waals surface area contributed by atoms with Crippen LogP contribution in [0.4, 0.5) is 20.8 Å². The molecule has 23 heavy (non-hydrogen) atoms. The van der Waals surface area contributed by atoms with Gasteiger partial charge in [0.05, 0.1) is 0 Å². The fraction of sp³-hybridized carbons (Fsp3) is 0.312. The second-order valence-corrected chi connectivity index (χ2v) is 5.39. The first-order valence-corrected chi connectivity index (χ1v) is 7.57. The van der Waals surface area contributed by atoms with Crippen molar-refractivity contribution in [3.05, 3.63) is 48.0 Å². The minimum atomic E-state index is -0.361. The van der Waals surface area contributed by atoms with Gasteiger partial charge in [0, 0.05) is 25.7 Å². The van der Waals surface area contributed by atoms with Crippen LogP contribution in [0.5, 0.6) is 0 Å². The molecule has 1 aliphatic heterocycles. The zero-order valence-corrected chi connectivity index (χ0v) is 12.6. The summed E-state index contributed by atoms with van der Waals surface area (Å²) in [4.78, 5) is 22.4. The molecule has 6 nitrogen and oxygen atoms in total. The Hall–Kier alpha value is -2.70. The number of halogens is 1. The van der Waals surface area contributed by atoms with E-state index in [0.29, 0.717) is 12.4 Å². The average molecular weight is 315 g/mol. The van der Waals surface area contributed by atoms with Gasteiger partial charge in [0.15, 0.2) is 0 Å².